The molecular formula is C38H46CaCl4N4O8. The van der Waals surface area contributed by atoms with Crippen LogP contribution in [-0.2, 0) is 20.8 Å². The van der Waals surface area contributed by atoms with E-state index in [1.54, 1.807) is 49.4 Å². The molecule has 0 saturated heterocycles. The summed E-state index contributed by atoms with van der Waals surface area (Å²) in [6, 6.07) is 17.9. The fourth-order valence-electron chi connectivity index (χ4n) is 4.74. The summed E-state index contributed by atoms with van der Waals surface area (Å²) in [6.45, 7) is 8.02. The van der Waals surface area contributed by atoms with E-state index in [-0.39, 0.29) is 55.1 Å². The maximum atomic E-state index is 11.4. The average Bonchev–Trinajstić information content (AvgIpc) is 3.08. The van der Waals surface area contributed by atoms with Crippen LogP contribution in [0, 0.1) is 27.7 Å². The molecule has 4 aromatic rings. The molecule has 2 atom stereocenters. The second-order valence-corrected chi connectivity index (χ2v) is 13.5. The fourth-order valence-corrected chi connectivity index (χ4v) is 5.58. The van der Waals surface area contributed by atoms with Crippen LogP contribution in [0.15, 0.2) is 66.7 Å². The van der Waals surface area contributed by atoms with E-state index in [1.165, 1.54) is 0 Å². The normalized spacial score (nSPS) is 10.9. The third kappa shape index (κ3) is 17.9. The molecule has 12 nitrogen and oxygen atoms in total. The molecule has 0 heterocycles. The number of hydrogen-bond donors (Lipinski definition) is 5. The van der Waals surface area contributed by atoms with Gasteiger partial charge in [0.15, 0.2) is 0 Å². The second kappa shape index (κ2) is 26.9. The molecule has 0 radical (unpaired) electrons. The van der Waals surface area contributed by atoms with Gasteiger partial charge >= 0.3 is 43.7 Å². The Hall–Kier alpha value is -2.85. The van der Waals surface area contributed by atoms with Crippen LogP contribution < -0.4 is 32.3 Å². The van der Waals surface area contributed by atoms with Gasteiger partial charge in [0.1, 0.15) is 0 Å². The van der Waals surface area contributed by atoms with Gasteiger partial charge in [0.2, 0.25) is 0 Å². The first-order valence-electron chi connectivity index (χ1n) is 16.1. The number of carboxylic acids is 3. The van der Waals surface area contributed by atoms with Crippen molar-refractivity contribution < 1.29 is 40.7 Å². The van der Waals surface area contributed by atoms with Crippen LogP contribution in [0.1, 0.15) is 58.7 Å². The molecule has 0 aliphatic carbocycles. The standard InChI is InChI=1S/2C16H15Cl2NO2.C6H14N2O2.Ca.2H2O/c1-9-3-5-13(11(7-9)8-15(20)21)19-14-6-4-12(17)10(2)16(14)18;1-9-4-3-5-11(8-9)15(16(20)21)19-13-7-6-12(17)10(2)14(13)18;7-4-2-1-3-5(8)6(9)10;;;/h3-7,19H,8H2,1-2H3,(H,20,21);3-8,15,19H,1-2H3,(H,20,21);5H,1-4,7-8H2,(H,9,10);;2*1H2/q;;;+2;;/p-2/t;;5-;;;/m..0.../s1. The van der Waals surface area contributed by atoms with Gasteiger partial charge in [-0.3, -0.25) is 4.79 Å². The Morgan fingerprint density at radius 1 is 0.745 bits per heavy atom. The quantitative estimate of drug-likeness (QED) is 0.0918. The van der Waals surface area contributed by atoms with Crippen LogP contribution in [0.4, 0.5) is 17.1 Å². The second-order valence-electron chi connectivity index (χ2n) is 11.9. The molecule has 1 unspecified atom stereocenters. The average molecular weight is 869 g/mol. The van der Waals surface area contributed by atoms with Crippen LogP contribution in [0.3, 0.4) is 0 Å². The third-order valence-corrected chi connectivity index (χ3v) is 9.49. The molecule has 0 spiro atoms. The summed E-state index contributed by atoms with van der Waals surface area (Å²) < 4.78 is 0. The maximum Gasteiger partial charge on any atom is 2.00 e. The van der Waals surface area contributed by atoms with Crippen LogP contribution in [-0.4, -0.2) is 84.3 Å². The van der Waals surface area contributed by atoms with Crippen LogP contribution in [0.25, 0.3) is 0 Å². The van der Waals surface area contributed by atoms with Gasteiger partial charge in [0.05, 0.1) is 45.8 Å². The zero-order valence-corrected chi connectivity index (χ0v) is 36.1. The van der Waals surface area contributed by atoms with E-state index >= 15 is 0 Å². The van der Waals surface area contributed by atoms with Crippen molar-refractivity contribution in [2.45, 2.75) is 65.5 Å². The van der Waals surface area contributed by atoms with Gasteiger partial charge in [-0.25, -0.2) is 0 Å². The summed E-state index contributed by atoms with van der Waals surface area (Å²) in [6.07, 6.45) is 1.99. The number of carbonyl (C=O) groups excluding carboxylic acids is 2. The fraction of sp³-hybridized carbons (Fsp3) is 0.289. The summed E-state index contributed by atoms with van der Waals surface area (Å²) in [5.74, 6) is -3.27. The molecule has 296 valence electrons. The molecule has 55 heavy (non-hydrogen) atoms. The van der Waals surface area contributed by atoms with Gasteiger partial charge in [-0.05, 0) is 99.7 Å². The number of unbranched alkanes of at least 4 members (excludes halogenated alkanes) is 1. The first-order chi connectivity index (χ1) is 24.5. The number of aryl methyl sites for hydroxylation is 2. The molecule has 0 bridgehead atoms. The van der Waals surface area contributed by atoms with E-state index < -0.39 is 30.0 Å². The number of nitrogens with two attached hydrogens (primary N) is 2. The molecule has 11 N–H and O–H groups in total. The van der Waals surface area contributed by atoms with Crippen molar-refractivity contribution in [2.75, 3.05) is 17.2 Å². The number of rotatable bonds is 13. The van der Waals surface area contributed by atoms with Crippen LogP contribution >= 0.6 is 46.4 Å². The minimum Gasteiger partial charge on any atom is -0.548 e. The Balaban J connectivity index is 0. The number of carboxylic acid groups (broad SMARTS) is 3. The van der Waals surface area contributed by atoms with Crippen molar-refractivity contribution in [1.82, 2.24) is 0 Å². The molecule has 0 fully saturated rings. The Bertz CT molecular complexity index is 1870. The van der Waals surface area contributed by atoms with E-state index in [1.807, 2.05) is 45.0 Å². The van der Waals surface area contributed by atoms with Crippen molar-refractivity contribution in [3.8, 4) is 0 Å². The number of aliphatic carboxylic acids is 3. The largest absolute Gasteiger partial charge is 2.00 e. The summed E-state index contributed by atoms with van der Waals surface area (Å²) in [5, 5.41) is 38.6. The van der Waals surface area contributed by atoms with E-state index in [0.717, 1.165) is 35.2 Å². The molecule has 0 aromatic heterocycles. The molecule has 0 amide bonds. The number of anilines is 3. The van der Waals surface area contributed by atoms with Crippen molar-refractivity contribution in [3.63, 3.8) is 0 Å². The van der Waals surface area contributed by atoms with Gasteiger partial charge in [-0.15, -0.1) is 0 Å². The molecule has 0 saturated carbocycles. The molecule has 0 aliphatic rings. The molecule has 17 heteroatoms. The van der Waals surface area contributed by atoms with Gasteiger partial charge in [0.25, 0.3) is 0 Å². The van der Waals surface area contributed by atoms with E-state index in [9.17, 15) is 24.6 Å². The van der Waals surface area contributed by atoms with Gasteiger partial charge in [-0.1, -0.05) is 100 Å². The summed E-state index contributed by atoms with van der Waals surface area (Å²) >= 11 is 24.5. The molecule has 4 rings (SSSR count). The third-order valence-electron chi connectivity index (χ3n) is 7.70. The van der Waals surface area contributed by atoms with Gasteiger partial charge in [-0.2, -0.15) is 0 Å². The monoisotopic (exact) mass is 866 g/mol. The minimum atomic E-state index is -1.22. The zero-order valence-electron chi connectivity index (χ0n) is 30.9. The Labute approximate surface area is 371 Å². The van der Waals surface area contributed by atoms with Crippen molar-refractivity contribution in [3.05, 3.63) is 120 Å². The number of halogens is 4. The van der Waals surface area contributed by atoms with E-state index in [4.69, 9.17) is 63.0 Å². The SMILES string of the molecule is Cc1ccc(Nc2ccc(Cl)c(C)c2Cl)c(CC(=O)O)c1.Cc1cccc(C(Nc2ccc(Cl)c(C)c2Cl)C(=O)[O-])c1.NCCCC[C@H](N)C(=O)[O-].O.O.[Ca+2]. The zero-order chi connectivity index (χ0) is 39.1. The van der Waals surface area contributed by atoms with Gasteiger partial charge in [0, 0.05) is 21.8 Å². The first-order valence-corrected chi connectivity index (χ1v) is 17.7. The molecule has 4 aromatic carbocycles. The van der Waals surface area contributed by atoms with Crippen LogP contribution in [0.2, 0.25) is 20.1 Å². The van der Waals surface area contributed by atoms with Crippen LogP contribution in [0.5, 0.6) is 0 Å². The molecule has 0 aliphatic heterocycles. The van der Waals surface area contributed by atoms with E-state index in [0.29, 0.717) is 61.1 Å². The number of nitrogens with one attached hydrogen (secondary N) is 2. The number of carbonyl (C=O) groups is 3. The Kier molecular flexibility index (Phi) is 26.5. The van der Waals surface area contributed by atoms with E-state index in [2.05, 4.69) is 10.6 Å². The Morgan fingerprint density at radius 3 is 1.78 bits per heavy atom. The number of hydrogen-bond acceptors (Lipinski definition) is 9. The summed E-state index contributed by atoms with van der Waals surface area (Å²) in [4.78, 5) is 32.4. The first kappa shape index (κ1) is 54.3. The maximum absolute atomic E-state index is 11.4. The molecular weight excluding hydrogens is 822 g/mol. The predicted octanol–water partition coefficient (Wildman–Crippen LogP) is 4.66. The number of benzene rings is 4. The Morgan fingerprint density at radius 2 is 1.27 bits per heavy atom. The minimum absolute atomic E-state index is 0. The topological polar surface area (TPSA) is 257 Å². The predicted molar refractivity (Wildman–Crippen MR) is 220 cm³/mol. The van der Waals surface area contributed by atoms with Gasteiger partial charge < -0.3 is 58.0 Å². The van der Waals surface area contributed by atoms with Crippen molar-refractivity contribution in [1.29, 1.82) is 0 Å². The summed E-state index contributed by atoms with van der Waals surface area (Å²) in [7, 11) is 0. The van der Waals surface area contributed by atoms with Crippen molar-refractivity contribution >= 4 is 119 Å². The summed E-state index contributed by atoms with van der Waals surface area (Å²) in [5.41, 5.74) is 17.1. The smallest absolute Gasteiger partial charge is 0.548 e. The van der Waals surface area contributed by atoms with Crippen molar-refractivity contribution in [2.24, 2.45) is 11.5 Å².